The van der Waals surface area contributed by atoms with Crippen LogP contribution in [0.4, 0.5) is 0 Å². The van der Waals surface area contributed by atoms with Crippen LogP contribution >= 0.6 is 0 Å². The molecule has 0 spiro atoms. The minimum atomic E-state index is 0.721. The van der Waals surface area contributed by atoms with Gasteiger partial charge in [0.1, 0.15) is 13.1 Å². The van der Waals surface area contributed by atoms with Gasteiger partial charge in [0, 0.05) is 16.8 Å². The second-order valence-corrected chi connectivity index (χ2v) is 8.21. The van der Waals surface area contributed by atoms with E-state index in [1.165, 1.54) is 54.8 Å². The Kier molecular flexibility index (Phi) is 2.95. The van der Waals surface area contributed by atoms with Crippen LogP contribution in [0, 0.1) is 32.1 Å². The molecule has 6 aromatic rings. The van der Waals surface area contributed by atoms with Crippen molar-refractivity contribution in [3.63, 3.8) is 0 Å². The van der Waals surface area contributed by atoms with E-state index in [0.717, 1.165) is 16.5 Å². The van der Waals surface area contributed by atoms with E-state index in [4.69, 9.17) is 0 Å². The van der Waals surface area contributed by atoms with Crippen molar-refractivity contribution in [2.45, 2.75) is 20.8 Å². The molecule has 3 heterocycles. The van der Waals surface area contributed by atoms with Gasteiger partial charge >= 0.3 is 0 Å². The third-order valence-electron chi connectivity index (χ3n) is 6.64. The van der Waals surface area contributed by atoms with E-state index in [0.29, 0.717) is 0 Å². The summed E-state index contributed by atoms with van der Waals surface area (Å²) in [6, 6.07) is 17.4. The number of nitriles is 1. The average Bonchev–Trinajstić information content (AvgIpc) is 3.06. The minimum absolute atomic E-state index is 0.721. The first-order valence-corrected chi connectivity index (χ1v) is 9.93. The second-order valence-electron chi connectivity index (χ2n) is 8.21. The Labute approximate surface area is 168 Å². The van der Waals surface area contributed by atoms with Gasteiger partial charge in [0.05, 0.1) is 32.9 Å². The molecule has 29 heavy (non-hydrogen) atoms. The summed E-state index contributed by atoms with van der Waals surface area (Å²) < 4.78 is 4.61. The fraction of sp³-hybridized carbons (Fsp3) is 0.154. The summed E-state index contributed by atoms with van der Waals surface area (Å²) in [7, 11) is 2.13. The van der Waals surface area contributed by atoms with Crippen LogP contribution in [-0.4, -0.2) is 4.40 Å². The molecule has 0 aliphatic rings. The van der Waals surface area contributed by atoms with Crippen LogP contribution in [0.3, 0.4) is 0 Å². The molecular formula is C26H20N3+. The maximum atomic E-state index is 9.90. The highest BCUT2D eigenvalue weighted by atomic mass is 15.0. The van der Waals surface area contributed by atoms with Gasteiger partial charge in [-0.3, -0.25) is 0 Å². The van der Waals surface area contributed by atoms with Gasteiger partial charge in [-0.2, -0.15) is 5.26 Å². The molecule has 3 nitrogen and oxygen atoms in total. The van der Waals surface area contributed by atoms with Gasteiger partial charge in [0.25, 0.3) is 0 Å². The molecule has 0 saturated heterocycles. The summed E-state index contributed by atoms with van der Waals surface area (Å²) in [6.07, 6.45) is 2.16. The van der Waals surface area contributed by atoms with E-state index in [1.54, 1.807) is 0 Å². The smallest absolute Gasteiger partial charge is 0.224 e. The van der Waals surface area contributed by atoms with Crippen molar-refractivity contribution in [1.82, 2.24) is 4.40 Å². The van der Waals surface area contributed by atoms with E-state index in [9.17, 15) is 5.26 Å². The summed E-state index contributed by atoms with van der Waals surface area (Å²) >= 11 is 0. The van der Waals surface area contributed by atoms with Gasteiger partial charge in [-0.1, -0.05) is 30.3 Å². The molecule has 0 aliphatic heterocycles. The first kappa shape index (κ1) is 16.3. The topological polar surface area (TPSA) is 32.1 Å². The lowest BCUT2D eigenvalue weighted by Crippen LogP contribution is -2.29. The monoisotopic (exact) mass is 374 g/mol. The van der Waals surface area contributed by atoms with Crippen LogP contribution < -0.4 is 4.57 Å². The molecule has 0 amide bonds. The number of nitrogens with zero attached hydrogens (tertiary/aromatic N) is 3. The van der Waals surface area contributed by atoms with Gasteiger partial charge in [-0.15, -0.1) is 0 Å². The molecule has 3 heteroatoms. The highest BCUT2D eigenvalue weighted by Gasteiger charge is 2.25. The number of rotatable bonds is 0. The number of para-hydroxylation sites is 1. The second kappa shape index (κ2) is 5.24. The Balaban J connectivity index is 2.19. The fourth-order valence-corrected chi connectivity index (χ4v) is 5.27. The van der Waals surface area contributed by atoms with Gasteiger partial charge < -0.3 is 4.40 Å². The summed E-state index contributed by atoms with van der Waals surface area (Å²) in [5, 5.41) is 16.0. The first-order chi connectivity index (χ1) is 14.0. The van der Waals surface area contributed by atoms with Crippen LogP contribution in [0.2, 0.25) is 0 Å². The number of aryl methyl sites for hydroxylation is 4. The average molecular weight is 374 g/mol. The predicted molar refractivity (Wildman–Crippen MR) is 119 cm³/mol. The number of benzene rings is 3. The number of aromatic nitrogens is 2. The number of fused-ring (bicyclic) bond motifs is 6. The Morgan fingerprint density at radius 3 is 2.45 bits per heavy atom. The molecule has 0 aliphatic carbocycles. The normalized spacial score (nSPS) is 12.1. The number of pyridine rings is 2. The van der Waals surface area contributed by atoms with Gasteiger partial charge in [0.15, 0.2) is 6.20 Å². The molecule has 0 fully saturated rings. The van der Waals surface area contributed by atoms with Crippen LogP contribution in [0.15, 0.2) is 48.7 Å². The maximum absolute atomic E-state index is 9.90. The Morgan fingerprint density at radius 1 is 0.862 bits per heavy atom. The fourth-order valence-electron chi connectivity index (χ4n) is 5.27. The minimum Gasteiger partial charge on any atom is -0.306 e. The highest BCUT2D eigenvalue weighted by Crippen LogP contribution is 2.42. The zero-order valence-corrected chi connectivity index (χ0v) is 17.0. The summed E-state index contributed by atoms with van der Waals surface area (Å²) in [5.74, 6) is 0. The third kappa shape index (κ3) is 1.80. The first-order valence-electron chi connectivity index (χ1n) is 9.93. The van der Waals surface area contributed by atoms with Crippen molar-refractivity contribution in [1.29, 1.82) is 5.26 Å². The number of hydrogen-bond donors (Lipinski definition) is 0. The largest absolute Gasteiger partial charge is 0.306 e. The predicted octanol–water partition coefficient (Wildman–Crippen LogP) is 5.61. The van der Waals surface area contributed by atoms with Crippen molar-refractivity contribution >= 4 is 49.0 Å². The molecule has 0 N–H and O–H groups in total. The Bertz CT molecular complexity index is 1690. The van der Waals surface area contributed by atoms with Crippen LogP contribution in [-0.2, 0) is 7.05 Å². The third-order valence-corrected chi connectivity index (χ3v) is 6.64. The molecular weight excluding hydrogens is 354 g/mol. The molecule has 0 atom stereocenters. The lowest BCUT2D eigenvalue weighted by Gasteiger charge is -2.16. The highest BCUT2D eigenvalue weighted by molar-refractivity contribution is 6.27. The zero-order valence-electron chi connectivity index (χ0n) is 17.0. The van der Waals surface area contributed by atoms with Crippen LogP contribution in [0.1, 0.15) is 22.3 Å². The van der Waals surface area contributed by atoms with E-state index >= 15 is 0 Å². The standard InChI is InChI=1S/C26H20N3/c1-14-12-15(2)23-21(16(14)3)26-22-17(10-11-28(26)4)8-9-20-19-7-5-6-18(13-27)24(19)29(23)25(20)22/h5-12H,1-4H3/q+1. The van der Waals surface area contributed by atoms with Gasteiger partial charge in [-0.25, -0.2) is 4.57 Å². The molecule has 0 radical (unpaired) electrons. The molecule has 3 aromatic carbocycles. The summed E-state index contributed by atoms with van der Waals surface area (Å²) in [6.45, 7) is 6.59. The lowest BCUT2D eigenvalue weighted by atomic mass is 9.95. The summed E-state index contributed by atoms with van der Waals surface area (Å²) in [4.78, 5) is 0. The van der Waals surface area contributed by atoms with Crippen molar-refractivity contribution in [2.24, 2.45) is 7.05 Å². The molecule has 138 valence electrons. The van der Waals surface area contributed by atoms with Crippen LogP contribution in [0.5, 0.6) is 0 Å². The van der Waals surface area contributed by atoms with E-state index < -0.39 is 0 Å². The van der Waals surface area contributed by atoms with Crippen molar-refractivity contribution in [2.75, 3.05) is 0 Å². The van der Waals surface area contributed by atoms with Crippen LogP contribution in [0.25, 0.3) is 49.0 Å². The Hall–Kier alpha value is -3.64. The van der Waals surface area contributed by atoms with Gasteiger partial charge in [-0.05, 0) is 48.9 Å². The Morgan fingerprint density at radius 2 is 1.66 bits per heavy atom. The van der Waals surface area contributed by atoms with E-state index in [1.807, 2.05) is 12.1 Å². The summed E-state index contributed by atoms with van der Waals surface area (Å²) in [5.41, 5.74) is 9.25. The van der Waals surface area contributed by atoms with Crippen molar-refractivity contribution in [3.8, 4) is 6.07 Å². The molecule has 3 aromatic heterocycles. The lowest BCUT2D eigenvalue weighted by molar-refractivity contribution is -0.643. The molecule has 0 unspecified atom stereocenters. The molecule has 0 saturated carbocycles. The quantitative estimate of drug-likeness (QED) is 0.193. The van der Waals surface area contributed by atoms with Crippen molar-refractivity contribution in [3.05, 3.63) is 70.9 Å². The molecule has 0 bridgehead atoms. The SMILES string of the molecule is Cc1cc(C)c2c(c1C)c1c3c(ccc4c5cccc(C#N)c5n2c43)cc[n+]1C. The maximum Gasteiger partial charge on any atom is 0.224 e. The van der Waals surface area contributed by atoms with E-state index in [-0.39, 0.29) is 0 Å². The zero-order chi connectivity index (χ0) is 20.0. The van der Waals surface area contributed by atoms with Crippen molar-refractivity contribution < 1.29 is 4.57 Å². The molecule has 6 rings (SSSR count). The van der Waals surface area contributed by atoms with Gasteiger partial charge in [0.2, 0.25) is 5.52 Å². The number of hydrogen-bond acceptors (Lipinski definition) is 1. The van der Waals surface area contributed by atoms with E-state index in [2.05, 4.69) is 79.4 Å².